The third-order valence-electron chi connectivity index (χ3n) is 2.62. The number of nitrogens with one attached hydrogen (secondary N) is 1. The molecule has 2 aromatic rings. The second-order valence-corrected chi connectivity index (χ2v) is 4.49. The number of aryl methyl sites for hydroxylation is 1. The van der Waals surface area contributed by atoms with Crippen LogP contribution in [0.3, 0.4) is 0 Å². The molecule has 17 heavy (non-hydrogen) atoms. The van der Waals surface area contributed by atoms with Gasteiger partial charge in [-0.1, -0.05) is 31.2 Å². The van der Waals surface area contributed by atoms with Gasteiger partial charge in [0.25, 0.3) is 0 Å². The van der Waals surface area contributed by atoms with Gasteiger partial charge in [-0.2, -0.15) is 5.26 Å². The monoisotopic (exact) mass is 289 g/mol. The maximum Gasteiger partial charge on any atom is 0.138 e. The molecule has 1 aromatic carbocycles. The molecule has 1 heterocycles. The van der Waals surface area contributed by atoms with E-state index in [9.17, 15) is 0 Å². The highest BCUT2D eigenvalue weighted by molar-refractivity contribution is 9.10. The van der Waals surface area contributed by atoms with Crippen molar-refractivity contribution in [2.45, 2.75) is 19.8 Å². The van der Waals surface area contributed by atoms with E-state index >= 15 is 0 Å². The minimum Gasteiger partial charge on any atom is -0.340 e. The number of hydrogen-bond donors (Lipinski definition) is 1. The highest BCUT2D eigenvalue weighted by Crippen LogP contribution is 2.22. The standard InChI is InChI=1S/C13H12BrN3/c1-2-9-3-5-10(6-4-9)13-16-11(7-8-15)12(14)17-13/h3-6H,2,7H2,1H3,(H,16,17). The van der Waals surface area contributed by atoms with Crippen molar-refractivity contribution in [1.82, 2.24) is 9.97 Å². The van der Waals surface area contributed by atoms with Gasteiger partial charge >= 0.3 is 0 Å². The molecule has 0 saturated heterocycles. The van der Waals surface area contributed by atoms with Crippen molar-refractivity contribution < 1.29 is 0 Å². The lowest BCUT2D eigenvalue weighted by molar-refractivity contribution is 1.13. The number of aromatic nitrogens is 2. The fraction of sp³-hybridized carbons (Fsp3) is 0.231. The van der Waals surface area contributed by atoms with Crippen LogP contribution in [0, 0.1) is 11.3 Å². The largest absolute Gasteiger partial charge is 0.340 e. The Morgan fingerprint density at radius 1 is 1.35 bits per heavy atom. The first-order chi connectivity index (χ1) is 8.24. The number of hydrogen-bond acceptors (Lipinski definition) is 2. The van der Waals surface area contributed by atoms with E-state index in [0.717, 1.165) is 23.5 Å². The smallest absolute Gasteiger partial charge is 0.138 e. The minimum absolute atomic E-state index is 0.334. The van der Waals surface area contributed by atoms with Gasteiger partial charge in [-0.05, 0) is 27.9 Å². The van der Waals surface area contributed by atoms with Crippen LogP contribution in [-0.4, -0.2) is 9.97 Å². The van der Waals surface area contributed by atoms with Crippen LogP contribution < -0.4 is 0 Å². The molecule has 0 saturated carbocycles. The first kappa shape index (κ1) is 11.9. The van der Waals surface area contributed by atoms with E-state index < -0.39 is 0 Å². The van der Waals surface area contributed by atoms with Crippen LogP contribution in [0.15, 0.2) is 28.9 Å². The topological polar surface area (TPSA) is 52.5 Å². The Bertz CT molecular complexity index is 549. The zero-order chi connectivity index (χ0) is 12.3. The van der Waals surface area contributed by atoms with Gasteiger partial charge in [0.2, 0.25) is 0 Å². The SMILES string of the molecule is CCc1ccc(-c2nc(Br)c(CC#N)[nH]2)cc1. The third kappa shape index (κ3) is 2.56. The molecular weight excluding hydrogens is 278 g/mol. The van der Waals surface area contributed by atoms with Crippen LogP contribution >= 0.6 is 15.9 Å². The molecule has 0 amide bonds. The van der Waals surface area contributed by atoms with Crippen molar-refractivity contribution in [1.29, 1.82) is 5.26 Å². The van der Waals surface area contributed by atoms with Gasteiger partial charge in [0, 0.05) is 5.56 Å². The maximum atomic E-state index is 8.67. The predicted octanol–water partition coefficient (Wildman–Crippen LogP) is 3.47. The van der Waals surface area contributed by atoms with Crippen molar-refractivity contribution in [2.24, 2.45) is 0 Å². The van der Waals surface area contributed by atoms with E-state index in [1.165, 1.54) is 5.56 Å². The number of nitrogens with zero attached hydrogens (tertiary/aromatic N) is 2. The molecule has 0 spiro atoms. The number of benzene rings is 1. The van der Waals surface area contributed by atoms with Crippen molar-refractivity contribution in [2.75, 3.05) is 0 Å². The molecule has 0 unspecified atom stereocenters. The Labute approximate surface area is 109 Å². The molecule has 2 rings (SSSR count). The van der Waals surface area contributed by atoms with Crippen molar-refractivity contribution >= 4 is 15.9 Å². The molecule has 3 nitrogen and oxygen atoms in total. The lowest BCUT2D eigenvalue weighted by Crippen LogP contribution is -1.84. The summed E-state index contributed by atoms with van der Waals surface area (Å²) < 4.78 is 0.716. The zero-order valence-corrected chi connectivity index (χ0v) is 11.1. The van der Waals surface area contributed by atoms with E-state index in [-0.39, 0.29) is 0 Å². The lowest BCUT2D eigenvalue weighted by Gasteiger charge is -1.99. The summed E-state index contributed by atoms with van der Waals surface area (Å²) in [5.41, 5.74) is 3.16. The quantitative estimate of drug-likeness (QED) is 0.941. The second-order valence-electron chi connectivity index (χ2n) is 3.74. The molecule has 0 radical (unpaired) electrons. The summed E-state index contributed by atoms with van der Waals surface area (Å²) in [6.45, 7) is 2.13. The van der Waals surface area contributed by atoms with Gasteiger partial charge in [-0.15, -0.1) is 0 Å². The fourth-order valence-electron chi connectivity index (χ4n) is 1.62. The van der Waals surface area contributed by atoms with Gasteiger partial charge in [0.1, 0.15) is 10.4 Å². The Kier molecular flexibility index (Phi) is 3.60. The number of aromatic amines is 1. The molecule has 86 valence electrons. The van der Waals surface area contributed by atoms with Gasteiger partial charge in [-0.3, -0.25) is 0 Å². The molecule has 0 aliphatic carbocycles. The molecule has 0 aliphatic rings. The summed E-state index contributed by atoms with van der Waals surface area (Å²) in [5, 5.41) is 8.67. The first-order valence-electron chi connectivity index (χ1n) is 5.45. The van der Waals surface area contributed by atoms with Gasteiger partial charge < -0.3 is 4.98 Å². The van der Waals surface area contributed by atoms with Crippen molar-refractivity contribution in [3.05, 3.63) is 40.1 Å². The Morgan fingerprint density at radius 2 is 2.06 bits per heavy atom. The highest BCUT2D eigenvalue weighted by Gasteiger charge is 2.08. The molecule has 1 N–H and O–H groups in total. The average Bonchev–Trinajstić information content (AvgIpc) is 2.72. The molecule has 1 aromatic heterocycles. The number of rotatable bonds is 3. The van der Waals surface area contributed by atoms with E-state index in [4.69, 9.17) is 5.26 Å². The Hall–Kier alpha value is -1.60. The van der Waals surface area contributed by atoms with Gasteiger partial charge in [-0.25, -0.2) is 4.98 Å². The summed E-state index contributed by atoms with van der Waals surface area (Å²) in [7, 11) is 0. The number of H-pyrrole nitrogens is 1. The summed E-state index contributed by atoms with van der Waals surface area (Å²) in [4.78, 5) is 7.52. The van der Waals surface area contributed by atoms with Crippen molar-refractivity contribution in [3.63, 3.8) is 0 Å². The van der Waals surface area contributed by atoms with Crippen LogP contribution in [-0.2, 0) is 12.8 Å². The van der Waals surface area contributed by atoms with E-state index in [2.05, 4.69) is 51.0 Å². The normalized spacial score (nSPS) is 10.2. The number of nitriles is 1. The molecule has 4 heteroatoms. The van der Waals surface area contributed by atoms with E-state index in [1.54, 1.807) is 0 Å². The average molecular weight is 290 g/mol. The first-order valence-corrected chi connectivity index (χ1v) is 6.24. The van der Waals surface area contributed by atoms with E-state index in [0.29, 0.717) is 11.0 Å². The molecular formula is C13H12BrN3. The summed E-state index contributed by atoms with van der Waals surface area (Å²) in [6, 6.07) is 10.4. The lowest BCUT2D eigenvalue weighted by atomic mass is 10.1. The van der Waals surface area contributed by atoms with Crippen LogP contribution in [0.5, 0.6) is 0 Å². The summed E-state index contributed by atoms with van der Waals surface area (Å²) in [6.07, 6.45) is 1.36. The number of halogens is 1. The minimum atomic E-state index is 0.334. The van der Waals surface area contributed by atoms with Gasteiger partial charge in [0.05, 0.1) is 18.2 Å². The second kappa shape index (κ2) is 5.15. The van der Waals surface area contributed by atoms with E-state index in [1.807, 2.05) is 12.1 Å². The zero-order valence-electron chi connectivity index (χ0n) is 9.50. The van der Waals surface area contributed by atoms with Crippen LogP contribution in [0.1, 0.15) is 18.2 Å². The van der Waals surface area contributed by atoms with Crippen LogP contribution in [0.2, 0.25) is 0 Å². The Morgan fingerprint density at radius 3 is 2.65 bits per heavy atom. The van der Waals surface area contributed by atoms with Crippen LogP contribution in [0.4, 0.5) is 0 Å². The third-order valence-corrected chi connectivity index (χ3v) is 3.28. The van der Waals surface area contributed by atoms with Crippen LogP contribution in [0.25, 0.3) is 11.4 Å². The molecule has 0 fully saturated rings. The molecule has 0 aliphatic heterocycles. The fourth-order valence-corrected chi connectivity index (χ4v) is 2.04. The molecule has 0 atom stereocenters. The summed E-state index contributed by atoms with van der Waals surface area (Å²) >= 11 is 3.35. The van der Waals surface area contributed by atoms with Gasteiger partial charge in [0.15, 0.2) is 0 Å². The highest BCUT2D eigenvalue weighted by atomic mass is 79.9. The Balaban J connectivity index is 2.33. The molecule has 0 bridgehead atoms. The predicted molar refractivity (Wildman–Crippen MR) is 70.4 cm³/mol. The number of imidazole rings is 1. The summed E-state index contributed by atoms with van der Waals surface area (Å²) in [5.74, 6) is 0.796. The van der Waals surface area contributed by atoms with Crippen molar-refractivity contribution in [3.8, 4) is 17.5 Å². The maximum absolute atomic E-state index is 8.67.